The van der Waals surface area contributed by atoms with E-state index in [0.29, 0.717) is 29.8 Å². The first-order chi connectivity index (χ1) is 9.17. The molecule has 0 fully saturated rings. The van der Waals surface area contributed by atoms with Crippen LogP contribution >= 0.6 is 0 Å². The number of hydrogen-bond donors (Lipinski definition) is 2. The monoisotopic (exact) mass is 260 g/mol. The molecular weight excluding hydrogens is 244 g/mol. The van der Waals surface area contributed by atoms with Gasteiger partial charge in [0.1, 0.15) is 0 Å². The standard InChI is InChI=1S/C13H16N4O2/c1-3-11(18)15-16-13-14-10-8-6-5-7-9(10)12(19)17(13)4-2/h5-8H,3-4H2,1-2H3,(H,14,16)(H,15,18). The summed E-state index contributed by atoms with van der Waals surface area (Å²) in [6.45, 7) is 4.07. The van der Waals surface area contributed by atoms with E-state index >= 15 is 0 Å². The van der Waals surface area contributed by atoms with Gasteiger partial charge in [0.2, 0.25) is 11.9 Å². The van der Waals surface area contributed by atoms with Crippen molar-refractivity contribution < 1.29 is 4.79 Å². The highest BCUT2D eigenvalue weighted by Crippen LogP contribution is 2.10. The minimum absolute atomic E-state index is 0.124. The Morgan fingerprint density at radius 3 is 2.74 bits per heavy atom. The third-order valence-electron chi connectivity index (χ3n) is 2.81. The minimum atomic E-state index is -0.162. The first-order valence-electron chi connectivity index (χ1n) is 6.21. The summed E-state index contributed by atoms with van der Waals surface area (Å²) in [5.74, 6) is 0.179. The smallest absolute Gasteiger partial charge is 0.262 e. The molecule has 0 spiro atoms. The number of nitrogens with one attached hydrogen (secondary N) is 2. The van der Waals surface area contributed by atoms with Crippen molar-refractivity contribution >= 4 is 22.8 Å². The Labute approximate surface area is 110 Å². The third-order valence-corrected chi connectivity index (χ3v) is 2.81. The van der Waals surface area contributed by atoms with E-state index in [2.05, 4.69) is 15.8 Å². The number of nitrogens with zero attached hydrogens (tertiary/aromatic N) is 2. The summed E-state index contributed by atoms with van der Waals surface area (Å²) in [5, 5.41) is 0.566. The number of fused-ring (bicyclic) bond motifs is 1. The molecule has 1 aromatic carbocycles. The molecule has 0 aliphatic heterocycles. The lowest BCUT2D eigenvalue weighted by Crippen LogP contribution is -2.33. The van der Waals surface area contributed by atoms with Crippen LogP contribution in [-0.4, -0.2) is 15.5 Å². The molecule has 2 N–H and O–H groups in total. The quantitative estimate of drug-likeness (QED) is 0.812. The number of carbonyl (C=O) groups is 1. The molecular formula is C13H16N4O2. The van der Waals surface area contributed by atoms with Gasteiger partial charge in [-0.25, -0.2) is 4.98 Å². The number of para-hydroxylation sites is 1. The SMILES string of the molecule is CCC(=O)NNc1nc2ccccc2c(=O)n1CC. The van der Waals surface area contributed by atoms with Crippen molar-refractivity contribution in [3.8, 4) is 0 Å². The van der Waals surface area contributed by atoms with Crippen LogP contribution in [0.2, 0.25) is 0 Å². The Morgan fingerprint density at radius 1 is 1.32 bits per heavy atom. The van der Waals surface area contributed by atoms with Crippen molar-refractivity contribution in [2.45, 2.75) is 26.8 Å². The van der Waals surface area contributed by atoms with Crippen molar-refractivity contribution in [3.05, 3.63) is 34.6 Å². The Kier molecular flexibility index (Phi) is 3.79. The largest absolute Gasteiger partial charge is 0.277 e. The maximum Gasteiger partial charge on any atom is 0.262 e. The fourth-order valence-corrected chi connectivity index (χ4v) is 1.77. The zero-order valence-corrected chi connectivity index (χ0v) is 10.9. The number of carbonyl (C=O) groups excluding carboxylic acids is 1. The van der Waals surface area contributed by atoms with Gasteiger partial charge >= 0.3 is 0 Å². The van der Waals surface area contributed by atoms with E-state index in [1.54, 1.807) is 25.1 Å². The highest BCUT2D eigenvalue weighted by atomic mass is 16.2. The van der Waals surface area contributed by atoms with E-state index in [0.717, 1.165) is 0 Å². The van der Waals surface area contributed by atoms with Gasteiger partial charge in [0.15, 0.2) is 0 Å². The van der Waals surface area contributed by atoms with Gasteiger partial charge in [-0.1, -0.05) is 19.1 Å². The van der Waals surface area contributed by atoms with E-state index in [9.17, 15) is 9.59 Å². The summed E-state index contributed by atoms with van der Waals surface area (Å²) < 4.78 is 1.48. The number of amides is 1. The summed E-state index contributed by atoms with van der Waals surface area (Å²) in [4.78, 5) is 27.9. The van der Waals surface area contributed by atoms with E-state index in [4.69, 9.17) is 0 Å². The van der Waals surface area contributed by atoms with Crippen LogP contribution in [0.4, 0.5) is 5.95 Å². The van der Waals surface area contributed by atoms with Crippen LogP contribution in [0.25, 0.3) is 10.9 Å². The molecule has 6 heteroatoms. The lowest BCUT2D eigenvalue weighted by molar-refractivity contribution is -0.120. The lowest BCUT2D eigenvalue weighted by Gasteiger charge is -2.13. The summed E-state index contributed by atoms with van der Waals surface area (Å²) in [5.41, 5.74) is 5.68. The fraction of sp³-hybridized carbons (Fsp3) is 0.308. The topological polar surface area (TPSA) is 76.0 Å². The fourth-order valence-electron chi connectivity index (χ4n) is 1.77. The van der Waals surface area contributed by atoms with Crippen molar-refractivity contribution in [2.24, 2.45) is 0 Å². The first-order valence-corrected chi connectivity index (χ1v) is 6.21. The molecule has 2 rings (SSSR count). The molecule has 0 aliphatic carbocycles. The van der Waals surface area contributed by atoms with Crippen molar-refractivity contribution in [1.29, 1.82) is 0 Å². The number of benzene rings is 1. The molecule has 100 valence electrons. The van der Waals surface area contributed by atoms with Crippen molar-refractivity contribution in [2.75, 3.05) is 5.43 Å². The van der Waals surface area contributed by atoms with E-state index in [-0.39, 0.29) is 11.5 Å². The van der Waals surface area contributed by atoms with Gasteiger partial charge < -0.3 is 0 Å². The van der Waals surface area contributed by atoms with Crippen molar-refractivity contribution in [3.63, 3.8) is 0 Å². The lowest BCUT2D eigenvalue weighted by atomic mass is 10.2. The maximum atomic E-state index is 12.3. The second-order valence-electron chi connectivity index (χ2n) is 4.03. The molecule has 0 aliphatic rings. The van der Waals surface area contributed by atoms with Crippen LogP contribution in [0.15, 0.2) is 29.1 Å². The predicted octanol–water partition coefficient (Wildman–Crippen LogP) is 1.27. The zero-order chi connectivity index (χ0) is 13.8. The van der Waals surface area contributed by atoms with Gasteiger partial charge in [-0.3, -0.25) is 25.0 Å². The van der Waals surface area contributed by atoms with Gasteiger partial charge in [-0.2, -0.15) is 0 Å². The summed E-state index contributed by atoms with van der Waals surface area (Å²) >= 11 is 0. The van der Waals surface area contributed by atoms with Crippen LogP contribution in [0.5, 0.6) is 0 Å². The van der Waals surface area contributed by atoms with Gasteiger partial charge in [0.25, 0.3) is 5.56 Å². The Morgan fingerprint density at radius 2 is 2.05 bits per heavy atom. The zero-order valence-electron chi connectivity index (χ0n) is 10.9. The van der Waals surface area contributed by atoms with Gasteiger partial charge in [-0.05, 0) is 19.1 Å². The Bertz CT molecular complexity index is 663. The molecule has 0 saturated carbocycles. The average Bonchev–Trinajstić information content (AvgIpc) is 2.45. The molecule has 0 radical (unpaired) electrons. The second-order valence-corrected chi connectivity index (χ2v) is 4.03. The van der Waals surface area contributed by atoms with E-state index in [1.807, 2.05) is 13.0 Å². The molecule has 19 heavy (non-hydrogen) atoms. The molecule has 0 atom stereocenters. The van der Waals surface area contributed by atoms with E-state index < -0.39 is 0 Å². The molecule has 1 amide bonds. The van der Waals surface area contributed by atoms with Crippen LogP contribution < -0.4 is 16.4 Å². The first kappa shape index (κ1) is 13.1. The third kappa shape index (κ3) is 2.57. The van der Waals surface area contributed by atoms with Crippen LogP contribution in [0.3, 0.4) is 0 Å². The highest BCUT2D eigenvalue weighted by Gasteiger charge is 2.09. The molecule has 0 bridgehead atoms. The van der Waals surface area contributed by atoms with E-state index in [1.165, 1.54) is 4.57 Å². The number of anilines is 1. The minimum Gasteiger partial charge on any atom is -0.277 e. The number of aromatic nitrogens is 2. The molecule has 0 saturated heterocycles. The van der Waals surface area contributed by atoms with Crippen LogP contribution in [0.1, 0.15) is 20.3 Å². The summed E-state index contributed by atoms with van der Waals surface area (Å²) in [6.07, 6.45) is 0.358. The molecule has 0 unspecified atom stereocenters. The molecule has 1 heterocycles. The van der Waals surface area contributed by atoms with Gasteiger partial charge in [0, 0.05) is 13.0 Å². The highest BCUT2D eigenvalue weighted by molar-refractivity contribution is 5.79. The number of hydrazine groups is 1. The van der Waals surface area contributed by atoms with Crippen molar-refractivity contribution in [1.82, 2.24) is 15.0 Å². The predicted molar refractivity (Wildman–Crippen MR) is 73.7 cm³/mol. The maximum absolute atomic E-state index is 12.3. The Hall–Kier alpha value is -2.37. The number of rotatable bonds is 4. The Balaban J connectivity index is 2.48. The van der Waals surface area contributed by atoms with Gasteiger partial charge in [-0.15, -0.1) is 0 Å². The molecule has 6 nitrogen and oxygen atoms in total. The molecule has 1 aromatic heterocycles. The normalized spacial score (nSPS) is 10.4. The summed E-state index contributed by atoms with van der Waals surface area (Å²) in [6, 6.07) is 7.13. The van der Waals surface area contributed by atoms with Crippen LogP contribution in [0, 0.1) is 0 Å². The number of hydrogen-bond acceptors (Lipinski definition) is 4. The average molecular weight is 260 g/mol. The molecule has 2 aromatic rings. The van der Waals surface area contributed by atoms with Crippen LogP contribution in [-0.2, 0) is 11.3 Å². The van der Waals surface area contributed by atoms with Gasteiger partial charge in [0.05, 0.1) is 10.9 Å². The second kappa shape index (κ2) is 5.51. The summed E-state index contributed by atoms with van der Waals surface area (Å²) in [7, 11) is 0.